The summed E-state index contributed by atoms with van der Waals surface area (Å²) in [6, 6.07) is 4.24. The molecule has 2 heterocycles. The summed E-state index contributed by atoms with van der Waals surface area (Å²) in [5, 5.41) is 15.3. The van der Waals surface area contributed by atoms with E-state index in [1.807, 2.05) is 27.9 Å². The zero-order chi connectivity index (χ0) is 24.5. The number of thiocarbonyl (C=S) groups is 1. The van der Waals surface area contributed by atoms with Crippen molar-refractivity contribution in [3.8, 4) is 11.5 Å². The van der Waals surface area contributed by atoms with Gasteiger partial charge in [0.05, 0.1) is 17.1 Å². The van der Waals surface area contributed by atoms with E-state index < -0.39 is 0 Å². The fraction of sp³-hybridized carbons (Fsp3) is 0.741. The Labute approximate surface area is 209 Å². The van der Waals surface area contributed by atoms with Crippen molar-refractivity contribution in [2.24, 2.45) is 0 Å². The molecule has 0 radical (unpaired) electrons. The van der Waals surface area contributed by atoms with Gasteiger partial charge >= 0.3 is 0 Å². The summed E-state index contributed by atoms with van der Waals surface area (Å²) < 4.78 is 19.4. The van der Waals surface area contributed by atoms with Gasteiger partial charge in [-0.25, -0.2) is 0 Å². The van der Waals surface area contributed by atoms with E-state index in [9.17, 15) is 5.11 Å². The molecule has 0 amide bonds. The zero-order valence-corrected chi connectivity index (χ0v) is 22.3. The van der Waals surface area contributed by atoms with Gasteiger partial charge in [-0.3, -0.25) is 0 Å². The third-order valence-electron chi connectivity index (χ3n) is 8.74. The van der Waals surface area contributed by atoms with E-state index >= 15 is 0 Å². The van der Waals surface area contributed by atoms with Gasteiger partial charge in [0.15, 0.2) is 16.5 Å². The van der Waals surface area contributed by atoms with Gasteiger partial charge < -0.3 is 29.5 Å². The first-order chi connectivity index (χ1) is 16.1. The first-order valence-corrected chi connectivity index (χ1v) is 13.2. The van der Waals surface area contributed by atoms with Crippen LogP contribution in [0.25, 0.3) is 0 Å². The maximum Gasteiger partial charge on any atom is 0.177 e. The van der Waals surface area contributed by atoms with Crippen LogP contribution in [0.1, 0.15) is 70.9 Å². The van der Waals surface area contributed by atoms with Crippen LogP contribution >= 0.6 is 12.2 Å². The average Bonchev–Trinajstić information content (AvgIpc) is 3.13. The number of benzene rings is 1. The Balaban J connectivity index is 1.56. The van der Waals surface area contributed by atoms with E-state index in [0.29, 0.717) is 10.8 Å². The monoisotopic (exact) mass is 488 g/mol. The molecule has 1 saturated heterocycles. The maximum absolute atomic E-state index is 10.8. The lowest BCUT2D eigenvalue weighted by Gasteiger charge is -2.65. The molecule has 1 spiro atoms. The minimum Gasteiger partial charge on any atom is -0.504 e. The number of hydrogen-bond donors (Lipinski definition) is 2. The number of nitrogens with one attached hydrogen (secondary N) is 1. The molecule has 6 nitrogen and oxygen atoms in total. The minimum atomic E-state index is -0.336. The highest BCUT2D eigenvalue weighted by Gasteiger charge is 2.73. The van der Waals surface area contributed by atoms with E-state index in [-0.39, 0.29) is 46.6 Å². The summed E-state index contributed by atoms with van der Waals surface area (Å²) in [4.78, 5) is 2.47. The van der Waals surface area contributed by atoms with Crippen molar-refractivity contribution < 1.29 is 19.3 Å². The third-order valence-corrected chi connectivity index (χ3v) is 9.11. The van der Waals surface area contributed by atoms with Gasteiger partial charge in [-0.15, -0.1) is 0 Å². The summed E-state index contributed by atoms with van der Waals surface area (Å²) >= 11 is 5.77. The second kappa shape index (κ2) is 8.32. The Morgan fingerprint density at radius 1 is 1.35 bits per heavy atom. The van der Waals surface area contributed by atoms with E-state index in [4.69, 9.17) is 26.4 Å². The Bertz CT molecular complexity index is 978. The standard InChI is InChI=1S/C27H40N2O4S/c1-7-8-18(24(34)33-25(2,3)4)28-17-11-12-27(31-6)20-15-16-9-10-19(30)22-21(16)26(27,23(17)32-22)13-14-29(20)5/h9-10,17-18,20,23,28,30H,7-8,11-15H2,1-6H3/t17-,18+,20-,23+,26+,27-/m1/s1. The highest BCUT2D eigenvalue weighted by molar-refractivity contribution is 7.80. The van der Waals surface area contributed by atoms with E-state index in [2.05, 4.69) is 30.3 Å². The number of hydrogen-bond acceptors (Lipinski definition) is 7. The Morgan fingerprint density at radius 2 is 2.12 bits per heavy atom. The predicted molar refractivity (Wildman–Crippen MR) is 137 cm³/mol. The second-order valence-corrected chi connectivity index (χ2v) is 12.1. The van der Waals surface area contributed by atoms with Crippen LogP contribution in [0.3, 0.4) is 0 Å². The predicted octanol–water partition coefficient (Wildman–Crippen LogP) is 4.10. The van der Waals surface area contributed by atoms with Crippen molar-refractivity contribution in [1.82, 2.24) is 10.2 Å². The van der Waals surface area contributed by atoms with Gasteiger partial charge in [-0.2, -0.15) is 0 Å². The molecule has 2 aliphatic carbocycles. The Hall–Kier alpha value is -1.41. The molecular formula is C27H40N2O4S. The van der Waals surface area contributed by atoms with Gasteiger partial charge in [-0.1, -0.05) is 19.4 Å². The molecule has 1 aromatic rings. The molecule has 2 fully saturated rings. The maximum atomic E-state index is 10.8. The molecule has 6 atom stereocenters. The summed E-state index contributed by atoms with van der Waals surface area (Å²) in [6.45, 7) is 9.28. The van der Waals surface area contributed by atoms with Crippen molar-refractivity contribution in [2.45, 2.75) is 107 Å². The number of phenols is 1. The average molecular weight is 489 g/mol. The molecule has 2 bridgehead atoms. The lowest BCUT2D eigenvalue weighted by atomic mass is 9.48. The lowest BCUT2D eigenvalue weighted by Crippen LogP contribution is -2.78. The molecule has 7 heteroatoms. The van der Waals surface area contributed by atoms with Crippen LogP contribution in [-0.4, -0.2) is 71.2 Å². The van der Waals surface area contributed by atoms with Crippen LogP contribution in [0.5, 0.6) is 11.5 Å². The van der Waals surface area contributed by atoms with Crippen molar-refractivity contribution in [3.05, 3.63) is 23.3 Å². The number of ether oxygens (including phenoxy) is 3. The molecule has 34 heavy (non-hydrogen) atoms. The normalized spacial score (nSPS) is 34.8. The molecule has 2 aliphatic heterocycles. The van der Waals surface area contributed by atoms with Gasteiger partial charge in [0.2, 0.25) is 0 Å². The Morgan fingerprint density at radius 3 is 2.79 bits per heavy atom. The lowest BCUT2D eigenvalue weighted by molar-refractivity contribution is -0.203. The van der Waals surface area contributed by atoms with Crippen LogP contribution in [0.2, 0.25) is 0 Å². The molecule has 0 unspecified atom stereocenters. The SMILES string of the molecule is CCC[C@H](N[C@@H]1CC[C@@]2(OC)[C@H]3Cc4ccc(O)c5c4[C@@]2(CCN3C)[C@H]1O5)C(=S)OC(C)(C)C. The van der Waals surface area contributed by atoms with E-state index in [0.717, 1.165) is 45.1 Å². The molecule has 0 aromatic heterocycles. The first-order valence-electron chi connectivity index (χ1n) is 12.8. The molecule has 5 rings (SSSR count). The van der Waals surface area contributed by atoms with E-state index in [1.165, 1.54) is 11.1 Å². The van der Waals surface area contributed by atoms with E-state index in [1.54, 1.807) is 6.07 Å². The smallest absolute Gasteiger partial charge is 0.177 e. The van der Waals surface area contributed by atoms with Gasteiger partial charge in [0, 0.05) is 24.8 Å². The van der Waals surface area contributed by atoms with Crippen molar-refractivity contribution >= 4 is 17.3 Å². The number of aromatic hydroxyl groups is 1. The molecule has 1 aromatic carbocycles. The topological polar surface area (TPSA) is 63.2 Å². The second-order valence-electron chi connectivity index (χ2n) is 11.7. The van der Waals surface area contributed by atoms with Crippen LogP contribution in [0.15, 0.2) is 12.1 Å². The fourth-order valence-electron chi connectivity index (χ4n) is 7.50. The highest BCUT2D eigenvalue weighted by Crippen LogP contribution is 2.66. The van der Waals surface area contributed by atoms with Gasteiger partial charge in [-0.05, 0) is 90.3 Å². The van der Waals surface area contributed by atoms with Crippen molar-refractivity contribution in [3.63, 3.8) is 0 Å². The Kier molecular flexibility index (Phi) is 5.95. The number of likely N-dealkylation sites (N-methyl/N-ethyl adjacent to an activating group) is 1. The first kappa shape index (κ1) is 24.3. The summed E-state index contributed by atoms with van der Waals surface area (Å²) in [6.07, 6.45) is 5.52. The number of likely N-dealkylation sites (tertiary alicyclic amines) is 1. The van der Waals surface area contributed by atoms with Gasteiger partial charge in [0.25, 0.3) is 0 Å². The number of phenolic OH excluding ortho intramolecular Hbond substituents is 1. The molecule has 1 saturated carbocycles. The highest BCUT2D eigenvalue weighted by atomic mass is 32.1. The summed E-state index contributed by atoms with van der Waals surface area (Å²) in [7, 11) is 4.09. The minimum absolute atomic E-state index is 0.0262. The third kappa shape index (κ3) is 3.34. The van der Waals surface area contributed by atoms with Crippen LogP contribution in [0.4, 0.5) is 0 Å². The number of piperidine rings is 1. The van der Waals surface area contributed by atoms with Crippen molar-refractivity contribution in [1.29, 1.82) is 0 Å². The molecule has 188 valence electrons. The summed E-state index contributed by atoms with van der Waals surface area (Å²) in [5.41, 5.74) is 1.52. The fourth-order valence-corrected chi connectivity index (χ4v) is 7.94. The molecule has 4 aliphatic rings. The van der Waals surface area contributed by atoms with Crippen LogP contribution in [-0.2, 0) is 21.3 Å². The van der Waals surface area contributed by atoms with Crippen LogP contribution in [0, 0.1) is 0 Å². The molecule has 2 N–H and O–H groups in total. The van der Waals surface area contributed by atoms with Gasteiger partial charge in [0.1, 0.15) is 11.7 Å². The largest absolute Gasteiger partial charge is 0.504 e. The number of rotatable bonds is 6. The summed E-state index contributed by atoms with van der Waals surface area (Å²) in [5.74, 6) is 0.904. The number of nitrogens with zero attached hydrogens (tertiary/aromatic N) is 1. The quantitative estimate of drug-likeness (QED) is 0.585. The molecular weight excluding hydrogens is 448 g/mol. The zero-order valence-electron chi connectivity index (χ0n) is 21.4. The van der Waals surface area contributed by atoms with Crippen LogP contribution < -0.4 is 10.1 Å². The van der Waals surface area contributed by atoms with Crippen molar-refractivity contribution in [2.75, 3.05) is 20.7 Å². The number of methoxy groups -OCH3 is 1.